The quantitative estimate of drug-likeness (QED) is 0.887. The Morgan fingerprint density at radius 1 is 1.00 bits per heavy atom. The largest absolute Gasteiger partial charge is 0.493 e. The molecule has 1 aliphatic rings. The van der Waals surface area contributed by atoms with Crippen LogP contribution in [0.15, 0.2) is 54.6 Å². The van der Waals surface area contributed by atoms with Crippen LogP contribution in [0, 0.1) is 0 Å². The van der Waals surface area contributed by atoms with Crippen molar-refractivity contribution in [2.24, 2.45) is 0 Å². The van der Waals surface area contributed by atoms with Gasteiger partial charge in [-0.3, -0.25) is 0 Å². The van der Waals surface area contributed by atoms with Crippen LogP contribution < -0.4 is 10.1 Å². The lowest BCUT2D eigenvalue weighted by molar-refractivity contribution is 0.252. The van der Waals surface area contributed by atoms with Crippen LogP contribution in [0.5, 0.6) is 5.75 Å². The Morgan fingerprint density at radius 3 is 2.67 bits per heavy atom. The monoisotopic (exact) mass is 239 g/mol. The van der Waals surface area contributed by atoms with Crippen LogP contribution in [0.4, 0.5) is 0 Å². The van der Waals surface area contributed by atoms with Crippen molar-refractivity contribution in [3.8, 4) is 5.75 Å². The van der Waals surface area contributed by atoms with Crippen LogP contribution >= 0.6 is 0 Å². The summed E-state index contributed by atoms with van der Waals surface area (Å²) >= 11 is 0. The fourth-order valence-corrected chi connectivity index (χ4v) is 2.39. The molecule has 0 fully saturated rings. The maximum Gasteiger partial charge on any atom is 0.124 e. The lowest BCUT2D eigenvalue weighted by Gasteiger charge is -2.26. The van der Waals surface area contributed by atoms with Crippen LogP contribution in [0.2, 0.25) is 0 Å². The molecule has 92 valence electrons. The molecule has 2 nitrogen and oxygen atoms in total. The second kappa shape index (κ2) is 5.23. The molecule has 0 aromatic heterocycles. The van der Waals surface area contributed by atoms with E-state index in [-0.39, 0.29) is 0 Å². The van der Waals surface area contributed by atoms with Crippen molar-refractivity contribution in [3.63, 3.8) is 0 Å². The minimum atomic E-state index is 0.398. The Labute approximate surface area is 108 Å². The summed E-state index contributed by atoms with van der Waals surface area (Å²) in [6.45, 7) is 1.70. The zero-order valence-corrected chi connectivity index (χ0v) is 10.3. The van der Waals surface area contributed by atoms with Crippen LogP contribution in [0.25, 0.3) is 0 Å². The predicted molar refractivity (Wildman–Crippen MR) is 72.6 cm³/mol. The maximum atomic E-state index is 5.67. The first-order valence-corrected chi connectivity index (χ1v) is 6.42. The molecule has 1 aliphatic heterocycles. The van der Waals surface area contributed by atoms with Crippen LogP contribution in [-0.4, -0.2) is 6.61 Å². The lowest BCUT2D eigenvalue weighted by atomic mass is 10.0. The van der Waals surface area contributed by atoms with Crippen LogP contribution in [-0.2, 0) is 6.54 Å². The number of benzene rings is 2. The van der Waals surface area contributed by atoms with Gasteiger partial charge in [0.15, 0.2) is 0 Å². The molecule has 0 saturated carbocycles. The standard InChI is InChI=1S/C16H17NO/c1-2-6-13(7-3-1)12-17-15-10-11-18-16-9-5-4-8-14(15)16/h1-9,15,17H,10-12H2. The molecule has 0 radical (unpaired) electrons. The third-order valence-corrected chi connectivity index (χ3v) is 3.35. The Bertz CT molecular complexity index is 510. The minimum Gasteiger partial charge on any atom is -0.493 e. The fraction of sp³-hybridized carbons (Fsp3) is 0.250. The summed E-state index contributed by atoms with van der Waals surface area (Å²) < 4.78 is 5.67. The maximum absolute atomic E-state index is 5.67. The number of ether oxygens (including phenoxy) is 1. The van der Waals surface area contributed by atoms with E-state index in [0.29, 0.717) is 6.04 Å². The van der Waals surface area contributed by atoms with Crippen molar-refractivity contribution in [1.82, 2.24) is 5.32 Å². The van der Waals surface area contributed by atoms with Crippen molar-refractivity contribution in [3.05, 3.63) is 65.7 Å². The van der Waals surface area contributed by atoms with Crippen molar-refractivity contribution in [2.45, 2.75) is 19.0 Å². The van der Waals surface area contributed by atoms with E-state index in [9.17, 15) is 0 Å². The van der Waals surface area contributed by atoms with Crippen LogP contribution in [0.3, 0.4) is 0 Å². The topological polar surface area (TPSA) is 21.3 Å². The second-order valence-electron chi connectivity index (χ2n) is 4.59. The predicted octanol–water partition coefficient (Wildman–Crippen LogP) is 3.30. The highest BCUT2D eigenvalue weighted by Gasteiger charge is 2.19. The van der Waals surface area contributed by atoms with Gasteiger partial charge in [0.2, 0.25) is 0 Å². The Hall–Kier alpha value is -1.80. The van der Waals surface area contributed by atoms with Crippen molar-refractivity contribution in [2.75, 3.05) is 6.61 Å². The molecule has 0 bridgehead atoms. The zero-order valence-electron chi connectivity index (χ0n) is 10.3. The molecule has 1 N–H and O–H groups in total. The fourth-order valence-electron chi connectivity index (χ4n) is 2.39. The molecule has 0 spiro atoms. The first-order valence-electron chi connectivity index (χ1n) is 6.42. The average molecular weight is 239 g/mol. The SMILES string of the molecule is c1ccc(CNC2CCOc3ccccc32)cc1. The van der Waals surface area contributed by atoms with Gasteiger partial charge in [-0.25, -0.2) is 0 Å². The van der Waals surface area contributed by atoms with Gasteiger partial charge in [0.05, 0.1) is 6.61 Å². The average Bonchev–Trinajstić information content (AvgIpc) is 2.46. The highest BCUT2D eigenvalue weighted by molar-refractivity contribution is 5.37. The van der Waals surface area contributed by atoms with Gasteiger partial charge in [-0.05, 0) is 11.6 Å². The number of para-hydroxylation sites is 1. The van der Waals surface area contributed by atoms with E-state index in [1.54, 1.807) is 0 Å². The van der Waals surface area contributed by atoms with E-state index >= 15 is 0 Å². The molecule has 3 rings (SSSR count). The number of fused-ring (bicyclic) bond motifs is 1. The van der Waals surface area contributed by atoms with Gasteiger partial charge in [-0.15, -0.1) is 0 Å². The zero-order chi connectivity index (χ0) is 12.2. The number of rotatable bonds is 3. The molecule has 2 heteroatoms. The van der Waals surface area contributed by atoms with E-state index in [0.717, 1.165) is 25.3 Å². The molecule has 2 aromatic rings. The van der Waals surface area contributed by atoms with Crippen molar-refractivity contribution in [1.29, 1.82) is 0 Å². The van der Waals surface area contributed by atoms with E-state index in [2.05, 4.69) is 41.7 Å². The molecular weight excluding hydrogens is 222 g/mol. The number of hydrogen-bond acceptors (Lipinski definition) is 2. The van der Waals surface area contributed by atoms with Crippen molar-refractivity contribution < 1.29 is 4.74 Å². The summed E-state index contributed by atoms with van der Waals surface area (Å²) in [5.41, 5.74) is 2.60. The molecular formula is C16H17NO. The Kier molecular flexibility index (Phi) is 3.29. The second-order valence-corrected chi connectivity index (χ2v) is 4.59. The smallest absolute Gasteiger partial charge is 0.124 e. The molecule has 1 atom stereocenters. The molecule has 1 unspecified atom stereocenters. The van der Waals surface area contributed by atoms with Gasteiger partial charge in [-0.1, -0.05) is 48.5 Å². The summed E-state index contributed by atoms with van der Waals surface area (Å²) in [5, 5.41) is 3.61. The highest BCUT2D eigenvalue weighted by Crippen LogP contribution is 2.31. The first-order chi connectivity index (χ1) is 8.93. The Morgan fingerprint density at radius 2 is 1.78 bits per heavy atom. The summed E-state index contributed by atoms with van der Waals surface area (Å²) in [6, 6.07) is 19.2. The third kappa shape index (κ3) is 2.39. The molecule has 0 amide bonds. The van der Waals surface area contributed by atoms with E-state index in [1.807, 2.05) is 18.2 Å². The summed E-state index contributed by atoms with van der Waals surface area (Å²) in [6.07, 6.45) is 1.03. The Balaban J connectivity index is 1.71. The molecule has 1 heterocycles. The molecule has 0 saturated heterocycles. The third-order valence-electron chi connectivity index (χ3n) is 3.35. The summed E-state index contributed by atoms with van der Waals surface area (Å²) in [7, 11) is 0. The molecule has 2 aromatic carbocycles. The number of nitrogens with one attached hydrogen (secondary N) is 1. The van der Waals surface area contributed by atoms with Gasteiger partial charge in [0.1, 0.15) is 5.75 Å². The van der Waals surface area contributed by atoms with Gasteiger partial charge < -0.3 is 10.1 Å². The van der Waals surface area contributed by atoms with Crippen LogP contribution in [0.1, 0.15) is 23.6 Å². The first kappa shape index (κ1) is 11.3. The highest BCUT2D eigenvalue weighted by atomic mass is 16.5. The molecule has 0 aliphatic carbocycles. The van der Waals surface area contributed by atoms with E-state index in [1.165, 1.54) is 11.1 Å². The van der Waals surface area contributed by atoms with E-state index in [4.69, 9.17) is 4.74 Å². The summed E-state index contributed by atoms with van der Waals surface area (Å²) in [5.74, 6) is 1.02. The summed E-state index contributed by atoms with van der Waals surface area (Å²) in [4.78, 5) is 0. The normalized spacial score (nSPS) is 17.9. The molecule has 18 heavy (non-hydrogen) atoms. The van der Waals surface area contributed by atoms with Gasteiger partial charge in [-0.2, -0.15) is 0 Å². The van der Waals surface area contributed by atoms with Gasteiger partial charge in [0.25, 0.3) is 0 Å². The lowest BCUT2D eigenvalue weighted by Crippen LogP contribution is -2.26. The number of hydrogen-bond donors (Lipinski definition) is 1. The van der Waals surface area contributed by atoms with E-state index < -0.39 is 0 Å². The van der Waals surface area contributed by atoms with Crippen molar-refractivity contribution >= 4 is 0 Å². The van der Waals surface area contributed by atoms with Gasteiger partial charge in [0, 0.05) is 24.6 Å². The minimum absolute atomic E-state index is 0.398. The van der Waals surface area contributed by atoms with Gasteiger partial charge >= 0.3 is 0 Å².